The van der Waals surface area contributed by atoms with E-state index in [4.69, 9.17) is 19.3 Å². The Morgan fingerprint density at radius 3 is 1.65 bits per heavy atom. The molecule has 8 nitrogen and oxygen atoms in total. The van der Waals surface area contributed by atoms with Crippen molar-refractivity contribution in [2.45, 2.75) is 116 Å². The lowest BCUT2D eigenvalue weighted by atomic mass is 10.1. The first-order chi connectivity index (χ1) is 14.8. The average Bonchev–Trinajstić information content (AvgIpc) is 2.71. The molecule has 0 spiro atoms. The molecule has 0 amide bonds. The quantitative estimate of drug-likeness (QED) is 0.130. The molecule has 0 fully saturated rings. The van der Waals surface area contributed by atoms with E-state index in [9.17, 15) is 14.2 Å². The molecule has 2 N–H and O–H groups in total. The van der Waals surface area contributed by atoms with E-state index in [0.29, 0.717) is 6.42 Å². The van der Waals surface area contributed by atoms with Crippen LogP contribution in [-0.2, 0) is 28.2 Å². The van der Waals surface area contributed by atoms with Gasteiger partial charge in [0, 0.05) is 12.8 Å². The van der Waals surface area contributed by atoms with Crippen molar-refractivity contribution in [2.24, 2.45) is 0 Å². The topological polar surface area (TPSA) is 119 Å². The van der Waals surface area contributed by atoms with E-state index in [1.165, 1.54) is 32.1 Å². The number of ether oxygens (including phenoxy) is 2. The van der Waals surface area contributed by atoms with E-state index < -0.39 is 32.5 Å². The van der Waals surface area contributed by atoms with E-state index >= 15 is 0 Å². The molecule has 0 aromatic carbocycles. The van der Waals surface area contributed by atoms with Crippen molar-refractivity contribution < 1.29 is 37.9 Å². The summed E-state index contributed by atoms with van der Waals surface area (Å²) in [6.45, 7) is 3.48. The van der Waals surface area contributed by atoms with Crippen LogP contribution in [0.1, 0.15) is 110 Å². The number of rotatable bonds is 21. The van der Waals surface area contributed by atoms with Gasteiger partial charge in [-0.3, -0.25) is 14.1 Å². The first kappa shape index (κ1) is 30.0. The summed E-state index contributed by atoms with van der Waals surface area (Å²) < 4.78 is 25.7. The normalized spacial score (nSPS) is 12.5. The van der Waals surface area contributed by atoms with Gasteiger partial charge < -0.3 is 19.3 Å². The minimum absolute atomic E-state index is 0.211. The summed E-state index contributed by atoms with van der Waals surface area (Å²) in [7, 11) is -4.71. The molecule has 9 heteroatoms. The third-order valence-electron chi connectivity index (χ3n) is 4.88. The van der Waals surface area contributed by atoms with Gasteiger partial charge in [0.25, 0.3) is 0 Å². The van der Waals surface area contributed by atoms with Crippen molar-refractivity contribution in [2.75, 3.05) is 13.2 Å². The summed E-state index contributed by atoms with van der Waals surface area (Å²) in [5, 5.41) is 0. The Labute approximate surface area is 187 Å². The highest BCUT2D eigenvalue weighted by atomic mass is 31.2. The second kappa shape index (κ2) is 19.7. The Hall–Kier alpha value is -0.950. The SMILES string of the molecule is CCCCCCCCCCC(=O)OC[C@H](COP(=O)(O)O)OC(=O)CCCCCCC. The first-order valence-corrected chi connectivity index (χ1v) is 13.4. The monoisotopic (exact) mass is 466 g/mol. The largest absolute Gasteiger partial charge is 0.469 e. The zero-order valence-corrected chi connectivity index (χ0v) is 20.3. The first-order valence-electron chi connectivity index (χ1n) is 11.8. The minimum Gasteiger partial charge on any atom is -0.462 e. The van der Waals surface area contributed by atoms with Gasteiger partial charge >= 0.3 is 19.8 Å². The molecule has 1 atom stereocenters. The Morgan fingerprint density at radius 2 is 1.16 bits per heavy atom. The van der Waals surface area contributed by atoms with Crippen LogP contribution in [0.2, 0.25) is 0 Å². The van der Waals surface area contributed by atoms with E-state index in [0.717, 1.165) is 44.9 Å². The third kappa shape index (κ3) is 22.0. The number of carbonyl (C=O) groups is 2. The Morgan fingerprint density at radius 1 is 0.710 bits per heavy atom. The maximum Gasteiger partial charge on any atom is 0.469 e. The smallest absolute Gasteiger partial charge is 0.462 e. The molecule has 0 unspecified atom stereocenters. The molecule has 0 saturated carbocycles. The van der Waals surface area contributed by atoms with Gasteiger partial charge in [-0.25, -0.2) is 4.57 Å². The highest BCUT2D eigenvalue weighted by Crippen LogP contribution is 2.35. The molecule has 0 aromatic heterocycles. The van der Waals surface area contributed by atoms with Crippen LogP contribution in [0.4, 0.5) is 0 Å². The van der Waals surface area contributed by atoms with Gasteiger partial charge in [0.05, 0.1) is 6.61 Å². The van der Waals surface area contributed by atoms with Crippen LogP contribution in [0.5, 0.6) is 0 Å². The fraction of sp³-hybridized carbons (Fsp3) is 0.909. The lowest BCUT2D eigenvalue weighted by Gasteiger charge is -2.18. The second-order valence-electron chi connectivity index (χ2n) is 7.97. The number of hydrogen-bond acceptors (Lipinski definition) is 6. The van der Waals surface area contributed by atoms with Gasteiger partial charge in [-0.15, -0.1) is 0 Å². The molecule has 0 aliphatic rings. The van der Waals surface area contributed by atoms with Gasteiger partial charge in [0.15, 0.2) is 6.10 Å². The van der Waals surface area contributed by atoms with Crippen LogP contribution in [0.15, 0.2) is 0 Å². The van der Waals surface area contributed by atoms with Crippen LogP contribution in [-0.4, -0.2) is 41.0 Å². The predicted octanol–water partition coefficient (Wildman–Crippen LogP) is 5.44. The van der Waals surface area contributed by atoms with Crippen molar-refractivity contribution in [1.82, 2.24) is 0 Å². The fourth-order valence-corrected chi connectivity index (χ4v) is 3.44. The molecule has 0 bridgehead atoms. The number of phosphoric ester groups is 1. The van der Waals surface area contributed by atoms with Crippen molar-refractivity contribution in [3.63, 3.8) is 0 Å². The lowest BCUT2D eigenvalue weighted by Crippen LogP contribution is -2.29. The van der Waals surface area contributed by atoms with Gasteiger partial charge in [-0.1, -0.05) is 84.5 Å². The summed E-state index contributed by atoms with van der Waals surface area (Å²) in [5.74, 6) is -0.905. The zero-order chi connectivity index (χ0) is 23.4. The fourth-order valence-electron chi connectivity index (χ4n) is 3.08. The maximum absolute atomic E-state index is 12.0. The Kier molecular flexibility index (Phi) is 19.1. The molecule has 0 rings (SSSR count). The van der Waals surface area contributed by atoms with Crippen LogP contribution in [0.25, 0.3) is 0 Å². The van der Waals surface area contributed by atoms with Crippen molar-refractivity contribution in [1.29, 1.82) is 0 Å². The standard InChI is InChI=1S/C22H43O8P/c1-3-5-7-9-10-11-13-14-16-21(23)28-18-20(19-29-31(25,26)27)30-22(24)17-15-12-8-6-4-2/h20H,3-19H2,1-2H3,(H2,25,26,27)/t20-/m1/s1. The number of hydrogen-bond donors (Lipinski definition) is 2. The second-order valence-corrected chi connectivity index (χ2v) is 9.21. The van der Waals surface area contributed by atoms with Gasteiger partial charge in [0.1, 0.15) is 6.61 Å². The highest BCUT2D eigenvalue weighted by Gasteiger charge is 2.22. The van der Waals surface area contributed by atoms with Crippen LogP contribution < -0.4 is 0 Å². The van der Waals surface area contributed by atoms with E-state index in [2.05, 4.69) is 18.4 Å². The summed E-state index contributed by atoms with van der Waals surface area (Å²) in [6.07, 6.45) is 13.2. The summed E-state index contributed by atoms with van der Waals surface area (Å²) in [4.78, 5) is 41.7. The zero-order valence-electron chi connectivity index (χ0n) is 19.4. The number of phosphoric acid groups is 1. The molecule has 0 aliphatic carbocycles. The summed E-state index contributed by atoms with van der Waals surface area (Å²) in [6, 6.07) is 0. The molecular formula is C22H43O8P. The molecule has 0 saturated heterocycles. The van der Waals surface area contributed by atoms with E-state index in [1.54, 1.807) is 0 Å². The summed E-state index contributed by atoms with van der Waals surface area (Å²) >= 11 is 0. The molecule has 0 heterocycles. The van der Waals surface area contributed by atoms with Crippen molar-refractivity contribution in [3.05, 3.63) is 0 Å². The number of esters is 2. The molecular weight excluding hydrogens is 423 g/mol. The minimum atomic E-state index is -4.71. The Bertz CT molecular complexity index is 506. The van der Waals surface area contributed by atoms with E-state index in [1.807, 2.05) is 0 Å². The van der Waals surface area contributed by atoms with Gasteiger partial charge in [0.2, 0.25) is 0 Å². The van der Waals surface area contributed by atoms with E-state index in [-0.39, 0.29) is 19.4 Å². The molecule has 0 aliphatic heterocycles. The molecule has 31 heavy (non-hydrogen) atoms. The molecule has 0 radical (unpaired) electrons. The number of unbranched alkanes of at least 4 members (excludes halogenated alkanes) is 11. The van der Waals surface area contributed by atoms with Crippen molar-refractivity contribution >= 4 is 19.8 Å². The van der Waals surface area contributed by atoms with Crippen LogP contribution in [0, 0.1) is 0 Å². The average molecular weight is 467 g/mol. The molecule has 0 aromatic rings. The Balaban J connectivity index is 4.15. The number of carbonyl (C=O) groups excluding carboxylic acids is 2. The third-order valence-corrected chi connectivity index (χ3v) is 5.36. The maximum atomic E-state index is 12.0. The van der Waals surface area contributed by atoms with Crippen LogP contribution in [0.3, 0.4) is 0 Å². The van der Waals surface area contributed by atoms with Gasteiger partial charge in [-0.2, -0.15) is 0 Å². The summed E-state index contributed by atoms with van der Waals surface area (Å²) in [5.41, 5.74) is 0. The highest BCUT2D eigenvalue weighted by molar-refractivity contribution is 7.46. The predicted molar refractivity (Wildman–Crippen MR) is 119 cm³/mol. The van der Waals surface area contributed by atoms with Crippen LogP contribution >= 0.6 is 7.82 Å². The van der Waals surface area contributed by atoms with Gasteiger partial charge in [-0.05, 0) is 12.8 Å². The molecule has 184 valence electrons. The van der Waals surface area contributed by atoms with Crippen molar-refractivity contribution in [3.8, 4) is 0 Å². The lowest BCUT2D eigenvalue weighted by molar-refractivity contribution is -0.161.